The highest BCUT2D eigenvalue weighted by Crippen LogP contribution is 2.33. The second-order valence-corrected chi connectivity index (χ2v) is 14.6. The molecule has 3 nitrogen and oxygen atoms in total. The Morgan fingerprint density at radius 3 is 1.30 bits per heavy atom. The van der Waals surface area contributed by atoms with Crippen LogP contribution in [0.4, 0.5) is 0 Å². The van der Waals surface area contributed by atoms with Crippen LogP contribution in [0.25, 0.3) is 22.8 Å². The zero-order valence-electron chi connectivity index (χ0n) is 30.0. The van der Waals surface area contributed by atoms with Crippen LogP contribution in [0.3, 0.4) is 0 Å². The van der Waals surface area contributed by atoms with Crippen molar-refractivity contribution in [3.8, 4) is 58.8 Å². The topological polar surface area (TPSA) is 38.7 Å². The summed E-state index contributed by atoms with van der Waals surface area (Å²) in [4.78, 5) is 18.6. The van der Waals surface area contributed by atoms with E-state index in [1.165, 1.54) is 22.3 Å². The number of terminal acetylenes is 1. The number of hydrogen-bond donors (Lipinski definition) is 0. The van der Waals surface area contributed by atoms with Crippen LogP contribution in [0.5, 0.6) is 0 Å². The zero-order valence-corrected chi connectivity index (χ0v) is 31.6. The van der Waals surface area contributed by atoms with E-state index in [0.717, 1.165) is 125 Å². The van der Waals surface area contributed by atoms with Crippen molar-refractivity contribution in [1.82, 2.24) is 15.0 Å². The first-order chi connectivity index (χ1) is 24.6. The van der Waals surface area contributed by atoms with E-state index in [-0.39, 0.29) is 0 Å². The van der Waals surface area contributed by atoms with Gasteiger partial charge in [-0.3, -0.25) is 9.97 Å². The van der Waals surface area contributed by atoms with E-state index in [0.29, 0.717) is 0 Å². The molecule has 0 fully saturated rings. The number of unbranched alkanes of at least 4 members (excludes halogenated alkanes) is 4. The van der Waals surface area contributed by atoms with Crippen molar-refractivity contribution in [2.45, 2.75) is 105 Å². The minimum Gasteiger partial charge on any atom is -0.255 e. The Bertz CT molecular complexity index is 1970. The Labute approximate surface area is 308 Å². The molecule has 0 saturated carbocycles. The van der Waals surface area contributed by atoms with E-state index in [2.05, 4.69) is 67.3 Å². The van der Waals surface area contributed by atoms with Gasteiger partial charge in [-0.05, 0) is 122 Å². The van der Waals surface area contributed by atoms with Gasteiger partial charge in [0.15, 0.2) is 0 Å². The SMILES string of the molecule is C#Cc1sc(C#Cc2sc(C#Cc3cc(-c4ccccn4)nc(-c4ccccn4)c3)c(CCCC)c2CCCC)c(CCCC)c1CCCC. The maximum atomic E-state index is 6.04. The van der Waals surface area contributed by atoms with Crippen LogP contribution >= 0.6 is 22.7 Å². The molecule has 254 valence electrons. The van der Waals surface area contributed by atoms with Crippen molar-refractivity contribution in [2.24, 2.45) is 0 Å². The molecule has 0 atom stereocenters. The van der Waals surface area contributed by atoms with Gasteiger partial charge < -0.3 is 0 Å². The fourth-order valence-electron chi connectivity index (χ4n) is 6.03. The van der Waals surface area contributed by atoms with Gasteiger partial charge in [-0.2, -0.15) is 0 Å². The quantitative estimate of drug-likeness (QED) is 0.109. The molecule has 5 aromatic heterocycles. The Morgan fingerprint density at radius 1 is 0.520 bits per heavy atom. The van der Waals surface area contributed by atoms with E-state index in [9.17, 15) is 0 Å². The molecule has 0 amide bonds. The van der Waals surface area contributed by atoms with E-state index < -0.39 is 0 Å². The lowest BCUT2D eigenvalue weighted by Gasteiger charge is -2.06. The van der Waals surface area contributed by atoms with Gasteiger partial charge in [0.1, 0.15) is 0 Å². The highest BCUT2D eigenvalue weighted by atomic mass is 32.1. The molecule has 5 heterocycles. The number of hydrogen-bond acceptors (Lipinski definition) is 5. The van der Waals surface area contributed by atoms with Gasteiger partial charge in [0, 0.05) is 18.0 Å². The van der Waals surface area contributed by atoms with Gasteiger partial charge >= 0.3 is 0 Å². The van der Waals surface area contributed by atoms with Crippen molar-refractivity contribution >= 4 is 22.7 Å². The van der Waals surface area contributed by atoms with Gasteiger partial charge in [-0.25, -0.2) is 4.98 Å². The normalized spacial score (nSPS) is 10.6. The standard InChI is InChI=1S/C45H47N3S2/c1-6-11-19-34-35(20-12-7-2)44(49-42(34)10-5)27-28-45-37(22-14-9-4)36(21-13-8-3)43(50-45)26-25-33-31-40(38-23-15-17-29-46-38)48-41(32-33)39-24-16-18-30-47-39/h5,15-18,23-24,29-32H,6-9,11-14,19-22H2,1-4H3. The Morgan fingerprint density at radius 2 is 0.920 bits per heavy atom. The third-order valence-corrected chi connectivity index (χ3v) is 11.0. The number of thiophene rings is 2. The molecule has 5 aromatic rings. The van der Waals surface area contributed by atoms with Crippen molar-refractivity contribution in [2.75, 3.05) is 0 Å². The minimum atomic E-state index is 0.782. The zero-order chi connectivity index (χ0) is 35.1. The first-order valence-electron chi connectivity index (χ1n) is 18.2. The van der Waals surface area contributed by atoms with E-state index in [1.807, 2.05) is 48.5 Å². The summed E-state index contributed by atoms with van der Waals surface area (Å²) in [5, 5.41) is 0. The van der Waals surface area contributed by atoms with E-state index in [1.54, 1.807) is 35.1 Å². The molecule has 0 aliphatic heterocycles. The number of aromatic nitrogens is 3. The summed E-state index contributed by atoms with van der Waals surface area (Å²) in [5.41, 5.74) is 9.57. The van der Waals surface area contributed by atoms with Gasteiger partial charge in [0.05, 0.1) is 42.3 Å². The van der Waals surface area contributed by atoms with E-state index >= 15 is 0 Å². The number of pyridine rings is 3. The highest BCUT2D eigenvalue weighted by molar-refractivity contribution is 7.14. The lowest BCUT2D eigenvalue weighted by atomic mass is 9.97. The molecule has 0 unspecified atom stereocenters. The average Bonchev–Trinajstić information content (AvgIpc) is 3.68. The van der Waals surface area contributed by atoms with Gasteiger partial charge in [-0.1, -0.05) is 83.3 Å². The lowest BCUT2D eigenvalue weighted by Crippen LogP contribution is -1.96. The fourth-order valence-corrected chi connectivity index (χ4v) is 8.19. The fraction of sp³-hybridized carbons (Fsp3) is 0.356. The molecule has 0 N–H and O–H groups in total. The third-order valence-electron chi connectivity index (χ3n) is 8.78. The van der Waals surface area contributed by atoms with Crippen LogP contribution in [0.2, 0.25) is 0 Å². The Hall–Kier alpha value is -4.47. The molecular formula is C45H47N3S2. The Kier molecular flexibility index (Phi) is 14.0. The first kappa shape index (κ1) is 36.8. The molecule has 5 rings (SSSR count). The molecular weight excluding hydrogens is 647 g/mol. The largest absolute Gasteiger partial charge is 0.255 e. The molecule has 0 aromatic carbocycles. The van der Waals surface area contributed by atoms with Crippen LogP contribution in [0, 0.1) is 36.0 Å². The average molecular weight is 694 g/mol. The second-order valence-electron chi connectivity index (χ2n) is 12.5. The van der Waals surface area contributed by atoms with Crippen LogP contribution in [0.15, 0.2) is 60.9 Å². The summed E-state index contributed by atoms with van der Waals surface area (Å²) in [5.74, 6) is 17.5. The molecule has 0 aliphatic rings. The third kappa shape index (κ3) is 9.40. The summed E-state index contributed by atoms with van der Waals surface area (Å²) in [6, 6.07) is 15.8. The lowest BCUT2D eigenvalue weighted by molar-refractivity contribution is 0.760. The van der Waals surface area contributed by atoms with E-state index in [4.69, 9.17) is 11.4 Å². The van der Waals surface area contributed by atoms with Crippen molar-refractivity contribution in [1.29, 1.82) is 0 Å². The molecule has 0 spiro atoms. The predicted molar refractivity (Wildman–Crippen MR) is 214 cm³/mol. The summed E-state index contributed by atoms with van der Waals surface area (Å²) in [6.07, 6.45) is 22.9. The van der Waals surface area contributed by atoms with Gasteiger partial charge in [-0.15, -0.1) is 29.1 Å². The maximum Gasteiger partial charge on any atom is 0.0906 e. The number of rotatable bonds is 14. The molecule has 0 saturated heterocycles. The van der Waals surface area contributed by atoms with Crippen LogP contribution in [-0.2, 0) is 25.7 Å². The van der Waals surface area contributed by atoms with Crippen LogP contribution < -0.4 is 0 Å². The molecule has 5 heteroatoms. The minimum absolute atomic E-state index is 0.782. The van der Waals surface area contributed by atoms with Gasteiger partial charge in [0.2, 0.25) is 0 Å². The van der Waals surface area contributed by atoms with Crippen LogP contribution in [-0.4, -0.2) is 15.0 Å². The molecule has 50 heavy (non-hydrogen) atoms. The number of nitrogens with zero attached hydrogens (tertiary/aromatic N) is 3. The summed E-state index contributed by atoms with van der Waals surface area (Å²) < 4.78 is 0. The molecule has 0 bridgehead atoms. The van der Waals surface area contributed by atoms with Crippen molar-refractivity contribution < 1.29 is 0 Å². The predicted octanol–water partition coefficient (Wildman–Crippen LogP) is 11.5. The smallest absolute Gasteiger partial charge is 0.0906 e. The second kappa shape index (κ2) is 19.1. The van der Waals surface area contributed by atoms with Crippen LogP contribution in [0.1, 0.15) is 126 Å². The summed E-state index contributed by atoms with van der Waals surface area (Å²) >= 11 is 3.47. The first-order valence-corrected chi connectivity index (χ1v) is 19.9. The summed E-state index contributed by atoms with van der Waals surface area (Å²) in [6.45, 7) is 9.01. The monoisotopic (exact) mass is 693 g/mol. The maximum absolute atomic E-state index is 6.04. The van der Waals surface area contributed by atoms with Gasteiger partial charge in [0.25, 0.3) is 0 Å². The Balaban J connectivity index is 1.62. The van der Waals surface area contributed by atoms with Crippen molar-refractivity contribution in [3.05, 3.63) is 108 Å². The molecule has 0 radical (unpaired) electrons. The summed E-state index contributed by atoms with van der Waals surface area (Å²) in [7, 11) is 0. The highest BCUT2D eigenvalue weighted by Gasteiger charge is 2.18. The molecule has 0 aliphatic carbocycles. The van der Waals surface area contributed by atoms with Crippen molar-refractivity contribution in [3.63, 3.8) is 0 Å².